The fourth-order valence-corrected chi connectivity index (χ4v) is 3.43. The molecule has 0 bridgehead atoms. The third-order valence-electron chi connectivity index (χ3n) is 4.20. The summed E-state index contributed by atoms with van der Waals surface area (Å²) < 4.78 is 12.3. The quantitative estimate of drug-likeness (QED) is 0.753. The van der Waals surface area contributed by atoms with Gasteiger partial charge in [-0.2, -0.15) is 0 Å². The zero-order valence-electron chi connectivity index (χ0n) is 13.4. The molecule has 0 saturated carbocycles. The second-order valence-corrected chi connectivity index (χ2v) is 6.77. The maximum Gasteiger partial charge on any atom is 0.134 e. The van der Waals surface area contributed by atoms with Crippen LogP contribution in [0.3, 0.4) is 0 Å². The van der Waals surface area contributed by atoms with Crippen molar-refractivity contribution < 1.29 is 9.47 Å². The van der Waals surface area contributed by atoms with E-state index in [1.807, 2.05) is 24.3 Å². The summed E-state index contributed by atoms with van der Waals surface area (Å²) in [6.07, 6.45) is 1.50. The van der Waals surface area contributed by atoms with Crippen LogP contribution in [0.4, 0.5) is 0 Å². The molecule has 1 heterocycles. The molecule has 1 unspecified atom stereocenters. The van der Waals surface area contributed by atoms with Crippen LogP contribution in [-0.4, -0.2) is 31.2 Å². The molecule has 0 aliphatic carbocycles. The van der Waals surface area contributed by atoms with Crippen LogP contribution in [-0.2, 0) is 17.9 Å². The number of rotatable bonds is 6. The van der Waals surface area contributed by atoms with Crippen molar-refractivity contribution in [2.45, 2.75) is 25.7 Å². The molecule has 122 valence electrons. The summed E-state index contributed by atoms with van der Waals surface area (Å²) in [4.78, 5) is 2.43. The molecule has 1 atom stereocenters. The van der Waals surface area contributed by atoms with E-state index in [1.54, 1.807) is 7.11 Å². The van der Waals surface area contributed by atoms with Gasteiger partial charge in [-0.3, -0.25) is 4.90 Å². The molecule has 0 aromatic heterocycles. The van der Waals surface area contributed by atoms with Crippen LogP contribution in [0.5, 0.6) is 5.75 Å². The minimum atomic E-state index is 0.381. The Morgan fingerprint density at radius 2 is 1.96 bits per heavy atom. The normalized spacial score (nSPS) is 18.3. The van der Waals surface area contributed by atoms with Gasteiger partial charge in [0.15, 0.2) is 0 Å². The lowest BCUT2D eigenvalue weighted by atomic mass is 10.2. The van der Waals surface area contributed by atoms with Crippen LogP contribution in [0.25, 0.3) is 0 Å². The Balaban J connectivity index is 1.57. The summed E-state index contributed by atoms with van der Waals surface area (Å²) in [6, 6.07) is 16.6. The average Bonchev–Trinajstić information content (AvgIpc) is 3.03. The fourth-order valence-electron chi connectivity index (χ4n) is 2.89. The van der Waals surface area contributed by atoms with Crippen LogP contribution in [0.1, 0.15) is 17.5 Å². The van der Waals surface area contributed by atoms with Crippen LogP contribution < -0.4 is 4.74 Å². The Morgan fingerprint density at radius 1 is 1.13 bits per heavy atom. The molecule has 23 heavy (non-hydrogen) atoms. The van der Waals surface area contributed by atoms with E-state index in [9.17, 15) is 0 Å². The summed E-state index contributed by atoms with van der Waals surface area (Å²) in [5.41, 5.74) is 2.46. The Labute approximate surface area is 146 Å². The molecule has 1 aliphatic rings. The highest BCUT2D eigenvalue weighted by atomic mass is 79.9. The predicted molar refractivity (Wildman–Crippen MR) is 95.6 cm³/mol. The lowest BCUT2D eigenvalue weighted by Crippen LogP contribution is -2.22. The first-order chi connectivity index (χ1) is 11.2. The van der Waals surface area contributed by atoms with Gasteiger partial charge in [0.25, 0.3) is 0 Å². The van der Waals surface area contributed by atoms with E-state index in [2.05, 4.69) is 45.1 Å². The maximum absolute atomic E-state index is 5.90. The van der Waals surface area contributed by atoms with Crippen LogP contribution >= 0.6 is 15.9 Å². The first-order valence-corrected chi connectivity index (χ1v) is 8.74. The number of methoxy groups -OCH3 is 1. The Hall–Kier alpha value is -1.36. The molecule has 4 heteroatoms. The van der Waals surface area contributed by atoms with Crippen molar-refractivity contribution in [3.63, 3.8) is 0 Å². The van der Waals surface area contributed by atoms with Crippen molar-refractivity contribution in [3.8, 4) is 5.75 Å². The van der Waals surface area contributed by atoms with E-state index in [4.69, 9.17) is 9.47 Å². The van der Waals surface area contributed by atoms with E-state index in [-0.39, 0.29) is 0 Å². The number of hydrogen-bond donors (Lipinski definition) is 0. The van der Waals surface area contributed by atoms with Gasteiger partial charge in [0, 0.05) is 26.7 Å². The van der Waals surface area contributed by atoms with Gasteiger partial charge in [-0.15, -0.1) is 0 Å². The highest BCUT2D eigenvalue weighted by molar-refractivity contribution is 9.10. The van der Waals surface area contributed by atoms with Crippen LogP contribution in [0.2, 0.25) is 0 Å². The summed E-state index contributed by atoms with van der Waals surface area (Å²) >= 11 is 3.63. The molecule has 0 radical (unpaired) electrons. The lowest BCUT2D eigenvalue weighted by Gasteiger charge is -2.16. The highest BCUT2D eigenvalue weighted by Gasteiger charge is 2.21. The second-order valence-electron chi connectivity index (χ2n) is 5.92. The van der Waals surface area contributed by atoms with E-state index < -0.39 is 0 Å². The molecule has 0 spiro atoms. The van der Waals surface area contributed by atoms with E-state index in [0.29, 0.717) is 12.7 Å². The third kappa shape index (κ3) is 4.56. The molecule has 3 rings (SSSR count). The van der Waals surface area contributed by atoms with Gasteiger partial charge in [0.2, 0.25) is 0 Å². The number of likely N-dealkylation sites (tertiary alicyclic amines) is 1. The molecule has 3 nitrogen and oxygen atoms in total. The molecule has 2 aromatic rings. The molecular formula is C19H22BrNO2. The molecule has 1 saturated heterocycles. The fraction of sp³-hybridized carbons (Fsp3) is 0.368. The van der Waals surface area contributed by atoms with Gasteiger partial charge in [-0.1, -0.05) is 36.4 Å². The number of hydrogen-bond acceptors (Lipinski definition) is 3. The van der Waals surface area contributed by atoms with Gasteiger partial charge in [0.05, 0.1) is 10.6 Å². The first-order valence-electron chi connectivity index (χ1n) is 7.95. The summed E-state index contributed by atoms with van der Waals surface area (Å²) in [6.45, 7) is 3.65. The largest absolute Gasteiger partial charge is 0.488 e. The van der Waals surface area contributed by atoms with Crippen LogP contribution in [0, 0.1) is 0 Å². The lowest BCUT2D eigenvalue weighted by molar-refractivity contribution is 0.107. The SMILES string of the molecule is COC1CCN(Cc2ccc(OCc3ccccc3)c(Br)c2)C1. The highest BCUT2D eigenvalue weighted by Crippen LogP contribution is 2.28. The van der Waals surface area contributed by atoms with E-state index in [1.165, 1.54) is 11.1 Å². The standard InChI is InChI=1S/C19H22BrNO2/c1-22-17-9-10-21(13-17)12-16-7-8-19(18(20)11-16)23-14-15-5-3-2-4-6-15/h2-8,11,17H,9-10,12-14H2,1H3. The number of nitrogens with zero attached hydrogens (tertiary/aromatic N) is 1. The first kappa shape index (κ1) is 16.5. The number of halogens is 1. The Morgan fingerprint density at radius 3 is 2.65 bits per heavy atom. The average molecular weight is 376 g/mol. The second kappa shape index (κ2) is 7.95. The molecule has 1 fully saturated rings. The van der Waals surface area contributed by atoms with Gasteiger partial charge >= 0.3 is 0 Å². The summed E-state index contributed by atoms with van der Waals surface area (Å²) in [7, 11) is 1.80. The molecular weight excluding hydrogens is 354 g/mol. The van der Waals surface area contributed by atoms with E-state index >= 15 is 0 Å². The zero-order valence-corrected chi connectivity index (χ0v) is 15.0. The smallest absolute Gasteiger partial charge is 0.134 e. The van der Waals surface area contributed by atoms with Gasteiger partial charge in [-0.25, -0.2) is 0 Å². The minimum Gasteiger partial charge on any atom is -0.488 e. The third-order valence-corrected chi connectivity index (χ3v) is 4.82. The van der Waals surface area contributed by atoms with Crippen molar-refractivity contribution in [1.82, 2.24) is 4.90 Å². The summed E-state index contributed by atoms with van der Waals surface area (Å²) in [5.74, 6) is 0.883. The van der Waals surface area contributed by atoms with Crippen molar-refractivity contribution in [2.24, 2.45) is 0 Å². The molecule has 2 aromatic carbocycles. The monoisotopic (exact) mass is 375 g/mol. The molecule has 0 amide bonds. The summed E-state index contributed by atoms with van der Waals surface area (Å²) in [5, 5.41) is 0. The van der Waals surface area contributed by atoms with E-state index in [0.717, 1.165) is 36.3 Å². The molecule has 1 aliphatic heterocycles. The van der Waals surface area contributed by atoms with Crippen molar-refractivity contribution in [3.05, 3.63) is 64.1 Å². The van der Waals surface area contributed by atoms with Crippen molar-refractivity contribution in [2.75, 3.05) is 20.2 Å². The maximum atomic E-state index is 5.90. The molecule has 0 N–H and O–H groups in total. The zero-order chi connectivity index (χ0) is 16.1. The number of ether oxygens (including phenoxy) is 2. The topological polar surface area (TPSA) is 21.7 Å². The predicted octanol–water partition coefficient (Wildman–Crippen LogP) is 4.25. The Kier molecular flexibility index (Phi) is 5.70. The number of benzene rings is 2. The van der Waals surface area contributed by atoms with Gasteiger partial charge in [0.1, 0.15) is 12.4 Å². The van der Waals surface area contributed by atoms with Crippen molar-refractivity contribution >= 4 is 15.9 Å². The van der Waals surface area contributed by atoms with Gasteiger partial charge in [-0.05, 0) is 45.6 Å². The Bertz CT molecular complexity index is 633. The van der Waals surface area contributed by atoms with Crippen molar-refractivity contribution in [1.29, 1.82) is 0 Å². The van der Waals surface area contributed by atoms with Crippen LogP contribution in [0.15, 0.2) is 53.0 Å². The minimum absolute atomic E-state index is 0.381. The van der Waals surface area contributed by atoms with Gasteiger partial charge < -0.3 is 9.47 Å².